The van der Waals surface area contributed by atoms with Crippen molar-refractivity contribution >= 4 is 46.2 Å². The van der Waals surface area contributed by atoms with E-state index in [1.807, 2.05) is 17.9 Å². The summed E-state index contributed by atoms with van der Waals surface area (Å²) in [6.07, 6.45) is 0.597. The minimum atomic E-state index is -0.959. The topological polar surface area (TPSA) is 133 Å². The van der Waals surface area contributed by atoms with Crippen LogP contribution in [0.4, 0.5) is 27.9 Å². The van der Waals surface area contributed by atoms with E-state index in [9.17, 15) is 14.7 Å². The smallest absolute Gasteiger partial charge is 0.407 e. The summed E-state index contributed by atoms with van der Waals surface area (Å²) in [6.45, 7) is 6.57. The second kappa shape index (κ2) is 7.79. The maximum atomic E-state index is 12.3. The molecular formula is C23H26N6O5. The van der Waals surface area contributed by atoms with Crippen LogP contribution in [0, 0.1) is 5.92 Å². The van der Waals surface area contributed by atoms with Gasteiger partial charge in [0.15, 0.2) is 17.0 Å². The van der Waals surface area contributed by atoms with E-state index in [4.69, 9.17) is 14.1 Å². The van der Waals surface area contributed by atoms with Crippen molar-refractivity contribution in [1.82, 2.24) is 14.9 Å². The molecule has 0 bridgehead atoms. The third-order valence-electron chi connectivity index (χ3n) is 6.35. The van der Waals surface area contributed by atoms with E-state index in [0.29, 0.717) is 53.1 Å². The number of carbonyl (C=O) groups excluding carboxylic acids is 1. The Morgan fingerprint density at radius 1 is 1.29 bits per heavy atom. The van der Waals surface area contributed by atoms with Crippen LogP contribution in [0.25, 0.3) is 11.1 Å². The zero-order valence-electron chi connectivity index (χ0n) is 19.3. The van der Waals surface area contributed by atoms with E-state index in [1.165, 1.54) is 4.90 Å². The lowest BCUT2D eigenvalue weighted by Gasteiger charge is -2.31. The molecule has 178 valence electrons. The number of rotatable bonds is 4. The van der Waals surface area contributed by atoms with Gasteiger partial charge in [-0.1, -0.05) is 6.92 Å². The first-order chi connectivity index (χ1) is 16.1. The maximum absolute atomic E-state index is 12.3. The van der Waals surface area contributed by atoms with Gasteiger partial charge >= 0.3 is 6.09 Å². The standard InChI is InChI=1S/C23H26N6O5/c1-12-10-29(11-16(12)28(4)22(31)32)19-18-14(7-8-33-18)26-21(27-19)24-13-5-6-17-15(9-13)25-20(30)23(2,3)34-17/h5-9,12,16H,10-11H2,1-4H3,(H,25,30)(H,31,32)(H,24,26,27). The Kier molecular flexibility index (Phi) is 4.99. The lowest BCUT2D eigenvalue weighted by atomic mass is 10.1. The number of likely N-dealkylation sites (N-methyl/N-ethyl adjacent to an activating group) is 1. The van der Waals surface area contributed by atoms with Gasteiger partial charge in [0.25, 0.3) is 5.91 Å². The number of hydrogen-bond donors (Lipinski definition) is 3. The molecule has 2 amide bonds. The molecule has 0 saturated carbocycles. The molecule has 0 spiro atoms. The maximum Gasteiger partial charge on any atom is 0.407 e. The number of nitrogens with zero attached hydrogens (tertiary/aromatic N) is 4. The molecule has 1 fully saturated rings. The van der Waals surface area contributed by atoms with Crippen LogP contribution >= 0.6 is 0 Å². The molecule has 4 heterocycles. The summed E-state index contributed by atoms with van der Waals surface area (Å²) < 4.78 is 11.5. The highest BCUT2D eigenvalue weighted by atomic mass is 16.5. The van der Waals surface area contributed by atoms with Crippen LogP contribution in [0.5, 0.6) is 5.75 Å². The van der Waals surface area contributed by atoms with Crippen LogP contribution in [-0.4, -0.2) is 63.8 Å². The van der Waals surface area contributed by atoms with E-state index in [2.05, 4.69) is 15.6 Å². The molecule has 3 N–H and O–H groups in total. The number of carboxylic acid groups (broad SMARTS) is 1. The minimum Gasteiger partial charge on any atom is -0.476 e. The van der Waals surface area contributed by atoms with Crippen LogP contribution < -0.4 is 20.3 Å². The Morgan fingerprint density at radius 2 is 2.09 bits per heavy atom. The molecule has 2 aliphatic heterocycles. The number of anilines is 4. The van der Waals surface area contributed by atoms with Gasteiger partial charge in [-0.25, -0.2) is 9.78 Å². The van der Waals surface area contributed by atoms with Crippen molar-refractivity contribution in [2.75, 3.05) is 35.7 Å². The van der Waals surface area contributed by atoms with Crippen molar-refractivity contribution in [3.63, 3.8) is 0 Å². The fourth-order valence-corrected chi connectivity index (χ4v) is 4.40. The molecule has 11 heteroatoms. The summed E-state index contributed by atoms with van der Waals surface area (Å²) in [5.41, 5.74) is 1.48. The van der Waals surface area contributed by atoms with Crippen LogP contribution in [-0.2, 0) is 4.79 Å². The van der Waals surface area contributed by atoms with Gasteiger partial charge in [-0.15, -0.1) is 0 Å². The highest BCUT2D eigenvalue weighted by Crippen LogP contribution is 2.37. The summed E-state index contributed by atoms with van der Waals surface area (Å²) >= 11 is 0. The average Bonchev–Trinajstić information content (AvgIpc) is 3.40. The molecule has 0 aliphatic carbocycles. The minimum absolute atomic E-state index is 0.117. The van der Waals surface area contributed by atoms with Crippen LogP contribution in [0.3, 0.4) is 0 Å². The first-order valence-corrected chi connectivity index (χ1v) is 11.0. The van der Waals surface area contributed by atoms with E-state index in [-0.39, 0.29) is 17.9 Å². The zero-order chi connectivity index (χ0) is 24.2. The molecule has 2 unspecified atom stereocenters. The lowest BCUT2D eigenvalue weighted by molar-refractivity contribution is -0.129. The van der Waals surface area contributed by atoms with E-state index in [0.717, 1.165) is 0 Å². The molecule has 2 aromatic heterocycles. The number of amides is 2. The zero-order valence-corrected chi connectivity index (χ0v) is 19.3. The van der Waals surface area contributed by atoms with Gasteiger partial charge in [-0.2, -0.15) is 4.98 Å². The first-order valence-electron chi connectivity index (χ1n) is 11.0. The molecule has 34 heavy (non-hydrogen) atoms. The number of furan rings is 1. The lowest BCUT2D eigenvalue weighted by Crippen LogP contribution is -2.45. The van der Waals surface area contributed by atoms with Gasteiger partial charge in [0.05, 0.1) is 18.0 Å². The SMILES string of the molecule is CC1CN(c2nc(Nc3ccc4c(c3)NC(=O)C(C)(C)O4)nc3ccoc23)CC1N(C)C(=O)O. The summed E-state index contributed by atoms with van der Waals surface area (Å²) in [6, 6.07) is 6.97. The molecule has 5 rings (SSSR count). The summed E-state index contributed by atoms with van der Waals surface area (Å²) in [7, 11) is 1.59. The third-order valence-corrected chi connectivity index (χ3v) is 6.35. The van der Waals surface area contributed by atoms with Crippen LogP contribution in [0.15, 0.2) is 34.9 Å². The molecule has 11 nitrogen and oxygen atoms in total. The Morgan fingerprint density at radius 3 is 2.85 bits per heavy atom. The van der Waals surface area contributed by atoms with Gasteiger partial charge in [0.1, 0.15) is 11.3 Å². The largest absolute Gasteiger partial charge is 0.476 e. The van der Waals surface area contributed by atoms with Gasteiger partial charge in [0, 0.05) is 31.9 Å². The molecule has 3 aromatic rings. The number of nitrogens with one attached hydrogen (secondary N) is 2. The quantitative estimate of drug-likeness (QED) is 0.528. The first kappa shape index (κ1) is 21.8. The summed E-state index contributed by atoms with van der Waals surface area (Å²) in [5, 5.41) is 15.5. The highest BCUT2D eigenvalue weighted by Gasteiger charge is 2.37. The average molecular weight is 466 g/mol. The molecular weight excluding hydrogens is 440 g/mol. The number of ether oxygens (including phenoxy) is 1. The van der Waals surface area contributed by atoms with E-state index >= 15 is 0 Å². The molecule has 1 aromatic carbocycles. The molecule has 2 aliphatic rings. The normalized spacial score (nSPS) is 21.1. The fraction of sp³-hybridized carbons (Fsp3) is 0.391. The summed E-state index contributed by atoms with van der Waals surface area (Å²) in [5.74, 6) is 1.43. The van der Waals surface area contributed by atoms with Crippen molar-refractivity contribution in [3.8, 4) is 5.75 Å². The fourth-order valence-electron chi connectivity index (χ4n) is 4.40. The Bertz CT molecular complexity index is 1290. The number of aromatic nitrogens is 2. The van der Waals surface area contributed by atoms with Gasteiger partial charge < -0.3 is 34.7 Å². The number of carbonyl (C=O) groups is 2. The number of hydrogen-bond acceptors (Lipinski definition) is 8. The predicted octanol–water partition coefficient (Wildman–Crippen LogP) is 3.51. The van der Waals surface area contributed by atoms with Crippen LogP contribution in [0.2, 0.25) is 0 Å². The Balaban J connectivity index is 1.44. The molecule has 0 radical (unpaired) electrons. The third kappa shape index (κ3) is 3.72. The monoisotopic (exact) mass is 466 g/mol. The van der Waals surface area contributed by atoms with Crippen molar-refractivity contribution in [3.05, 3.63) is 30.5 Å². The van der Waals surface area contributed by atoms with Crippen molar-refractivity contribution in [1.29, 1.82) is 0 Å². The van der Waals surface area contributed by atoms with Gasteiger partial charge in [-0.05, 0) is 38.0 Å². The Hall–Kier alpha value is -4.02. The van der Waals surface area contributed by atoms with Crippen molar-refractivity contribution in [2.45, 2.75) is 32.4 Å². The van der Waals surface area contributed by atoms with E-state index in [1.54, 1.807) is 45.4 Å². The van der Waals surface area contributed by atoms with Gasteiger partial charge in [0.2, 0.25) is 5.95 Å². The second-order valence-corrected chi connectivity index (χ2v) is 9.25. The van der Waals surface area contributed by atoms with E-state index < -0.39 is 11.7 Å². The van der Waals surface area contributed by atoms with Crippen LogP contribution in [0.1, 0.15) is 20.8 Å². The molecule has 2 atom stereocenters. The Labute approximate surface area is 195 Å². The van der Waals surface area contributed by atoms with Gasteiger partial charge in [-0.3, -0.25) is 4.79 Å². The second-order valence-electron chi connectivity index (χ2n) is 9.25. The number of fused-ring (bicyclic) bond motifs is 2. The summed E-state index contributed by atoms with van der Waals surface area (Å²) in [4.78, 5) is 36.4. The molecule has 1 saturated heterocycles. The number of benzene rings is 1. The van der Waals surface area contributed by atoms with Crippen molar-refractivity contribution in [2.24, 2.45) is 5.92 Å². The highest BCUT2D eigenvalue weighted by molar-refractivity contribution is 6.00. The van der Waals surface area contributed by atoms with Crippen molar-refractivity contribution < 1.29 is 23.8 Å². The predicted molar refractivity (Wildman–Crippen MR) is 126 cm³/mol.